The summed E-state index contributed by atoms with van der Waals surface area (Å²) in [5.41, 5.74) is -3.48. The Morgan fingerprint density at radius 2 is 0.918 bits per heavy atom. The van der Waals surface area contributed by atoms with Gasteiger partial charge in [-0.2, -0.15) is 80.9 Å². The van der Waals surface area contributed by atoms with Crippen molar-refractivity contribution in [3.63, 3.8) is 0 Å². The molecule has 42 nitrogen and oxygen atoms in total. The van der Waals surface area contributed by atoms with Crippen molar-refractivity contribution in [2.45, 2.75) is 52.5 Å². The van der Waals surface area contributed by atoms with Gasteiger partial charge in [-0.25, -0.2) is 0 Å². The van der Waals surface area contributed by atoms with E-state index in [0.717, 1.165) is 18.2 Å². The molecule has 8 aromatic carbocycles. The van der Waals surface area contributed by atoms with E-state index in [-0.39, 0.29) is 35.5 Å². The smallest absolute Gasteiger partial charge is 0.297 e. The summed E-state index contributed by atoms with van der Waals surface area (Å²) in [5, 5.41) is 58.4. The van der Waals surface area contributed by atoms with Crippen LogP contribution < -0.4 is 10.5 Å². The van der Waals surface area contributed by atoms with Crippen LogP contribution in [0.25, 0.3) is 32.3 Å². The highest BCUT2D eigenvalue weighted by molar-refractivity contribution is 7.88. The fourth-order valence-corrected chi connectivity index (χ4v) is 14.7. The summed E-state index contributed by atoms with van der Waals surface area (Å²) in [6.07, 6.45) is -0.504. The van der Waals surface area contributed by atoms with E-state index in [1.54, 1.807) is 0 Å². The van der Waals surface area contributed by atoms with E-state index in [0.29, 0.717) is 42.5 Å². The molecule has 0 saturated carbocycles. The van der Waals surface area contributed by atoms with E-state index in [1.165, 1.54) is 6.92 Å². The van der Waals surface area contributed by atoms with Crippen LogP contribution in [0.1, 0.15) is 12.0 Å². The lowest BCUT2D eigenvalue weighted by atomic mass is 10.0. The Balaban J connectivity index is 1.29. The second-order valence-electron chi connectivity index (χ2n) is 19.4. The summed E-state index contributed by atoms with van der Waals surface area (Å²) >= 11 is 0. The van der Waals surface area contributed by atoms with Crippen molar-refractivity contribution in [3.8, 4) is 17.2 Å². The molecule has 0 saturated heterocycles. The molecule has 0 atom stereocenters. The number of non-ortho nitro benzene ring substituents is 1. The van der Waals surface area contributed by atoms with E-state index in [4.69, 9.17) is 10.5 Å². The number of hydrogen-bond donors (Lipinski definition) is 12. The standard InChI is InChI=1S/C46H36N10O32S9/c1-19-9-30(33(88-7-2-8-89(61,62)63)17-29(19)50-52-31-13-22(90(64,65)66)10-20-11-23(91(67,68)69)14-36(39(20)31)94(76,77)78)51-54-42-37(95(79,80)81)15-25-24(44(42)57)4-6-28(46(25)97(85,86)87)49-53-32-18-34(92(70,71)72)26-16-38(96(82,83)84)43(45(58)40(26)41(32)47)55-48-27-5-3-21(56(59)60)12-35(27)93(73,74)75/h3-6,9-18,57-58H,2,7-8,47H2,1H3,(H,61,62,63)(H,64,65,66)(H,67,68,69)(H,70,71,72)(H,73,74,75)(H,76,77,78)(H,79,80,81)(H,82,83,84)(H,85,86,87). The number of nitrogens with zero attached hydrogens (tertiary/aromatic N) is 9. The number of fused-ring (bicyclic) bond motifs is 3. The Hall–Kier alpha value is -9.27. The highest BCUT2D eigenvalue weighted by atomic mass is 32.3. The van der Waals surface area contributed by atoms with Crippen LogP contribution in [-0.2, 0) is 91.1 Å². The molecule has 0 bridgehead atoms. The Morgan fingerprint density at radius 3 is 1.44 bits per heavy atom. The minimum absolute atomic E-state index is 0.117. The van der Waals surface area contributed by atoms with Crippen molar-refractivity contribution in [3.05, 3.63) is 101 Å². The minimum atomic E-state index is -5.85. The fraction of sp³-hybridized carbons (Fsp3) is 0.0870. The fourth-order valence-electron chi connectivity index (χ4n) is 8.82. The Bertz CT molecular complexity index is 6050. The van der Waals surface area contributed by atoms with E-state index in [2.05, 4.69) is 40.9 Å². The average molecular weight is 1530 g/mol. The van der Waals surface area contributed by atoms with Gasteiger partial charge < -0.3 is 20.7 Å². The van der Waals surface area contributed by atoms with Crippen molar-refractivity contribution in [1.29, 1.82) is 0 Å². The number of nitro benzene ring substituents is 1. The van der Waals surface area contributed by atoms with Gasteiger partial charge in [0.25, 0.3) is 96.8 Å². The molecule has 516 valence electrons. The first-order valence-corrected chi connectivity index (χ1v) is 37.9. The molecule has 0 spiro atoms. The van der Waals surface area contributed by atoms with Crippen LogP contribution >= 0.6 is 0 Å². The lowest BCUT2D eigenvalue weighted by molar-refractivity contribution is -0.385. The van der Waals surface area contributed by atoms with Gasteiger partial charge in [0.2, 0.25) is 0 Å². The van der Waals surface area contributed by atoms with E-state index in [1.807, 2.05) is 0 Å². The predicted octanol–water partition coefficient (Wildman–Crippen LogP) is 7.65. The molecule has 0 heterocycles. The largest absolute Gasteiger partial charge is 0.505 e. The lowest BCUT2D eigenvalue weighted by Crippen LogP contribution is -2.08. The molecular formula is C46H36N10O32S9. The molecule has 0 amide bonds. The number of hydrogen-bond acceptors (Lipinski definition) is 32. The number of aryl methyl sites for hydroxylation is 1. The zero-order chi connectivity index (χ0) is 72.6. The molecule has 8 aromatic rings. The molecule has 0 unspecified atom stereocenters. The number of nitrogen functional groups attached to an aromatic ring is 1. The highest BCUT2D eigenvalue weighted by Gasteiger charge is 2.32. The van der Waals surface area contributed by atoms with Crippen LogP contribution in [0.4, 0.5) is 56.9 Å². The molecule has 8 rings (SSSR count). The monoisotopic (exact) mass is 1530 g/mol. The van der Waals surface area contributed by atoms with Gasteiger partial charge in [-0.1, -0.05) is 0 Å². The predicted molar refractivity (Wildman–Crippen MR) is 326 cm³/mol. The molecule has 0 aromatic heterocycles. The van der Waals surface area contributed by atoms with E-state index >= 15 is 0 Å². The van der Waals surface area contributed by atoms with Crippen LogP contribution in [0.15, 0.2) is 165 Å². The summed E-state index contributed by atoms with van der Waals surface area (Å²) in [7, 11) is -49.2. The van der Waals surface area contributed by atoms with Crippen LogP contribution in [0.5, 0.6) is 17.2 Å². The van der Waals surface area contributed by atoms with Crippen LogP contribution in [-0.4, -0.2) is 144 Å². The molecule has 0 radical (unpaired) electrons. The van der Waals surface area contributed by atoms with Gasteiger partial charge >= 0.3 is 0 Å². The second kappa shape index (κ2) is 25.6. The first-order chi connectivity index (χ1) is 44.3. The SMILES string of the molecule is Cc1cc(N=Nc2c(S(=O)(=O)O)cc3c(S(=O)(=O)O)c(N=Nc4cc(S(=O)(=O)O)c5cc(S(=O)(=O)O)c(N=Nc6ccc([N+](=O)[O-])cc6S(=O)(=O)O)c(O)c5c4N)ccc3c2O)c(OCCCS(=O)(=O)O)cc1N=Nc1cc(S(=O)(=O)O)cc2cc(S(=O)(=O)O)cc(S(=O)(=O)O)c12. The quantitative estimate of drug-likeness (QED) is 0.00773. The van der Waals surface area contributed by atoms with Gasteiger partial charge in [0.15, 0.2) is 11.5 Å². The molecule has 0 aliphatic rings. The molecule has 0 aliphatic heterocycles. The summed E-state index contributed by atoms with van der Waals surface area (Å²) in [6, 6.07) is 7.28. The maximum absolute atomic E-state index is 13.3. The molecule has 13 N–H and O–H groups in total. The third-order valence-corrected chi connectivity index (χ3v) is 20.7. The normalized spacial score (nSPS) is 13.5. The number of phenolic OH excluding ortho intramolecular Hbond substituents is 2. The number of azo groups is 4. The molecule has 0 aliphatic carbocycles. The van der Waals surface area contributed by atoms with Gasteiger partial charge in [-0.15, -0.1) is 35.8 Å². The second-order valence-corrected chi connectivity index (χ2v) is 32.2. The number of anilines is 1. The van der Waals surface area contributed by atoms with E-state index in [9.17, 15) is 137 Å². The molecule has 97 heavy (non-hydrogen) atoms. The van der Waals surface area contributed by atoms with Crippen LogP contribution in [0, 0.1) is 17.0 Å². The zero-order valence-electron chi connectivity index (χ0n) is 47.0. The van der Waals surface area contributed by atoms with Crippen molar-refractivity contribution >= 4 is 180 Å². The van der Waals surface area contributed by atoms with Gasteiger partial charge in [0.1, 0.15) is 69.2 Å². The molecule has 0 fully saturated rings. The molecule has 51 heteroatoms. The summed E-state index contributed by atoms with van der Waals surface area (Å²) in [6.45, 7) is 0.556. The zero-order valence-corrected chi connectivity index (χ0v) is 54.3. The third-order valence-electron chi connectivity index (χ3n) is 12.9. The summed E-state index contributed by atoms with van der Waals surface area (Å²) in [5.74, 6) is -4.52. The Labute approximate surface area is 542 Å². The number of ether oxygens (including phenoxy) is 1. The number of aromatic hydroxyl groups is 2. The topological polar surface area (TPSA) is 707 Å². The van der Waals surface area contributed by atoms with Crippen LogP contribution in [0.3, 0.4) is 0 Å². The number of nitro groups is 1. The van der Waals surface area contributed by atoms with Gasteiger partial charge in [0.05, 0.1) is 49.5 Å². The minimum Gasteiger partial charge on any atom is -0.505 e. The summed E-state index contributed by atoms with van der Waals surface area (Å²) in [4.78, 5) is -0.748. The first kappa shape index (κ1) is 73.5. The number of benzene rings is 8. The number of phenols is 2. The molecular weight excluding hydrogens is 1490 g/mol. The number of rotatable bonds is 22. The lowest BCUT2D eigenvalue weighted by Gasteiger charge is -2.15. The maximum atomic E-state index is 13.3. The van der Waals surface area contributed by atoms with Crippen molar-refractivity contribution < 1.29 is 137 Å². The maximum Gasteiger partial charge on any atom is 0.297 e. The summed E-state index contributed by atoms with van der Waals surface area (Å²) < 4.78 is 321. The highest BCUT2D eigenvalue weighted by Crippen LogP contribution is 2.51. The van der Waals surface area contributed by atoms with Gasteiger partial charge in [-0.3, -0.25) is 51.1 Å². The van der Waals surface area contributed by atoms with Crippen molar-refractivity contribution in [2.75, 3.05) is 18.1 Å². The number of nitrogens with two attached hydrogens (primary N) is 1. The van der Waals surface area contributed by atoms with Crippen LogP contribution in [0.2, 0.25) is 0 Å². The Kier molecular flexibility index (Phi) is 19.4. The van der Waals surface area contributed by atoms with Gasteiger partial charge in [0, 0.05) is 39.7 Å². The average Bonchev–Trinajstić information content (AvgIpc) is 0.752. The van der Waals surface area contributed by atoms with Crippen molar-refractivity contribution in [2.24, 2.45) is 40.9 Å². The van der Waals surface area contributed by atoms with Crippen molar-refractivity contribution in [1.82, 2.24) is 0 Å². The first-order valence-electron chi connectivity index (χ1n) is 24.8. The Morgan fingerprint density at radius 1 is 0.433 bits per heavy atom. The van der Waals surface area contributed by atoms with E-state index < -0.39 is 255 Å². The third kappa shape index (κ3) is 16.1. The van der Waals surface area contributed by atoms with Gasteiger partial charge in [-0.05, 0) is 91.0 Å².